The molecule has 7 heteroatoms. The van der Waals surface area contributed by atoms with Gasteiger partial charge in [-0.3, -0.25) is 14.6 Å². The fourth-order valence-electron chi connectivity index (χ4n) is 2.60. The lowest BCUT2D eigenvalue weighted by molar-refractivity contribution is -0.124. The van der Waals surface area contributed by atoms with E-state index in [1.807, 2.05) is 19.9 Å². The summed E-state index contributed by atoms with van der Waals surface area (Å²) in [5.41, 5.74) is -0.808. The number of nitrogens with zero attached hydrogens (tertiary/aromatic N) is 3. The van der Waals surface area contributed by atoms with Crippen molar-refractivity contribution < 1.29 is 4.79 Å². The van der Waals surface area contributed by atoms with Crippen LogP contribution >= 0.6 is 22.9 Å². The first-order valence-electron chi connectivity index (χ1n) is 8.23. The normalized spacial score (nSPS) is 19.0. The Hall–Kier alpha value is -1.13. The summed E-state index contributed by atoms with van der Waals surface area (Å²) in [5, 5.41) is 12.2. The third kappa shape index (κ3) is 5.18. The van der Waals surface area contributed by atoms with E-state index in [4.69, 9.17) is 11.6 Å². The predicted molar refractivity (Wildman–Crippen MR) is 98.0 cm³/mol. The van der Waals surface area contributed by atoms with Crippen LogP contribution in [0.2, 0.25) is 4.34 Å². The molecule has 0 saturated carbocycles. The lowest BCUT2D eigenvalue weighted by atomic mass is 9.90. The lowest BCUT2D eigenvalue weighted by Gasteiger charge is -2.35. The monoisotopic (exact) mass is 368 g/mol. The average Bonchev–Trinajstić information content (AvgIpc) is 2.94. The van der Waals surface area contributed by atoms with Crippen LogP contribution in [-0.2, 0) is 11.3 Å². The number of carbonyl (C=O) groups excluding carboxylic acids is 1. The van der Waals surface area contributed by atoms with Gasteiger partial charge in [0.2, 0.25) is 5.91 Å². The first-order valence-corrected chi connectivity index (χ1v) is 9.43. The number of nitrogens with one attached hydrogen (secondary N) is 1. The molecule has 2 heterocycles. The molecule has 132 valence electrons. The Labute approximate surface area is 153 Å². The molecule has 1 N–H and O–H groups in total. The zero-order valence-electron chi connectivity index (χ0n) is 14.5. The van der Waals surface area contributed by atoms with E-state index in [2.05, 4.69) is 27.3 Å². The van der Waals surface area contributed by atoms with Crippen molar-refractivity contribution in [2.75, 3.05) is 32.7 Å². The number of halogens is 1. The minimum absolute atomic E-state index is 0.0703. The first kappa shape index (κ1) is 19.2. The molecule has 2 rings (SSSR count). The zero-order valence-corrected chi connectivity index (χ0v) is 16.1. The molecule has 0 spiro atoms. The van der Waals surface area contributed by atoms with Crippen molar-refractivity contribution in [2.24, 2.45) is 5.92 Å². The average molecular weight is 369 g/mol. The maximum Gasteiger partial charge on any atom is 0.235 e. The van der Waals surface area contributed by atoms with Crippen molar-refractivity contribution in [2.45, 2.75) is 32.9 Å². The van der Waals surface area contributed by atoms with Crippen LogP contribution in [0.1, 0.15) is 25.6 Å². The van der Waals surface area contributed by atoms with E-state index >= 15 is 0 Å². The summed E-state index contributed by atoms with van der Waals surface area (Å²) in [6.45, 7) is 10.5. The van der Waals surface area contributed by atoms with Crippen molar-refractivity contribution in [3.63, 3.8) is 0 Å². The van der Waals surface area contributed by atoms with Crippen LogP contribution in [0, 0.1) is 17.2 Å². The summed E-state index contributed by atoms with van der Waals surface area (Å²) in [6, 6.07) is 6.22. The Morgan fingerprint density at radius 3 is 2.50 bits per heavy atom. The number of amides is 1. The number of rotatable bonds is 6. The van der Waals surface area contributed by atoms with Gasteiger partial charge in [-0.05, 0) is 25.0 Å². The predicted octanol–water partition coefficient (Wildman–Crippen LogP) is 2.57. The number of hydrogen-bond acceptors (Lipinski definition) is 5. The second kappa shape index (κ2) is 8.30. The third-order valence-electron chi connectivity index (χ3n) is 4.63. The molecule has 0 bridgehead atoms. The molecular weight excluding hydrogens is 344 g/mol. The molecule has 0 aromatic carbocycles. The van der Waals surface area contributed by atoms with Gasteiger partial charge in [-0.2, -0.15) is 5.26 Å². The fraction of sp³-hybridized carbons (Fsp3) is 0.647. The van der Waals surface area contributed by atoms with Gasteiger partial charge < -0.3 is 5.32 Å². The molecule has 1 aliphatic rings. The first-order chi connectivity index (χ1) is 11.3. The van der Waals surface area contributed by atoms with Crippen molar-refractivity contribution in [1.82, 2.24) is 15.1 Å². The van der Waals surface area contributed by atoms with Crippen LogP contribution in [-0.4, -0.2) is 54.0 Å². The van der Waals surface area contributed by atoms with Gasteiger partial charge in [0.05, 0.1) is 17.0 Å². The Bertz CT molecular complexity index is 604. The number of thiophene rings is 1. The minimum atomic E-state index is -0.808. The van der Waals surface area contributed by atoms with E-state index in [1.54, 1.807) is 18.3 Å². The maximum absolute atomic E-state index is 12.2. The quantitative estimate of drug-likeness (QED) is 0.838. The highest BCUT2D eigenvalue weighted by molar-refractivity contribution is 7.16. The maximum atomic E-state index is 12.2. The van der Waals surface area contributed by atoms with E-state index in [0.717, 1.165) is 37.1 Å². The van der Waals surface area contributed by atoms with Crippen LogP contribution in [0.25, 0.3) is 0 Å². The molecule has 1 amide bonds. The summed E-state index contributed by atoms with van der Waals surface area (Å²) in [7, 11) is 0. The van der Waals surface area contributed by atoms with Gasteiger partial charge in [-0.25, -0.2) is 0 Å². The molecular formula is C17H25ClN4OS. The van der Waals surface area contributed by atoms with Crippen molar-refractivity contribution in [3.8, 4) is 6.07 Å². The highest BCUT2D eigenvalue weighted by Gasteiger charge is 2.30. The molecule has 1 aromatic rings. The van der Waals surface area contributed by atoms with Crippen LogP contribution in [0.5, 0.6) is 0 Å². The van der Waals surface area contributed by atoms with E-state index in [0.29, 0.717) is 6.54 Å². The second-order valence-corrected chi connectivity index (χ2v) is 8.57. The molecule has 1 atom stereocenters. The molecule has 0 radical (unpaired) electrons. The number of piperazine rings is 1. The van der Waals surface area contributed by atoms with E-state index in [-0.39, 0.29) is 11.8 Å². The lowest BCUT2D eigenvalue weighted by Crippen LogP contribution is -2.54. The number of hydrogen-bond donors (Lipinski definition) is 1. The van der Waals surface area contributed by atoms with Gasteiger partial charge >= 0.3 is 0 Å². The Kier molecular flexibility index (Phi) is 6.64. The van der Waals surface area contributed by atoms with Crippen molar-refractivity contribution in [3.05, 3.63) is 21.3 Å². The molecule has 1 aliphatic heterocycles. The third-order valence-corrected chi connectivity index (χ3v) is 5.84. The van der Waals surface area contributed by atoms with Gasteiger partial charge in [0, 0.05) is 37.6 Å². The zero-order chi connectivity index (χ0) is 17.7. The molecule has 1 aromatic heterocycles. The highest BCUT2D eigenvalue weighted by Crippen LogP contribution is 2.23. The minimum Gasteiger partial charge on any atom is -0.337 e. The smallest absolute Gasteiger partial charge is 0.235 e. The number of nitriles is 1. The summed E-state index contributed by atoms with van der Waals surface area (Å²) >= 11 is 7.59. The van der Waals surface area contributed by atoms with Gasteiger partial charge in [0.25, 0.3) is 0 Å². The molecule has 5 nitrogen and oxygen atoms in total. The Balaban J connectivity index is 1.76. The molecule has 1 fully saturated rings. The second-order valence-electron chi connectivity index (χ2n) is 6.78. The SMILES string of the molecule is CC(C)[C@](C)(C#N)NC(=O)CN1CCN(Cc2ccc(Cl)s2)CC1. The number of carbonyl (C=O) groups is 1. The van der Waals surface area contributed by atoms with Gasteiger partial charge in [0.15, 0.2) is 0 Å². The van der Waals surface area contributed by atoms with E-state index in [1.165, 1.54) is 4.88 Å². The highest BCUT2D eigenvalue weighted by atomic mass is 35.5. The van der Waals surface area contributed by atoms with Crippen molar-refractivity contribution >= 4 is 28.8 Å². The largest absolute Gasteiger partial charge is 0.337 e. The van der Waals surface area contributed by atoms with Gasteiger partial charge in [-0.1, -0.05) is 25.4 Å². The molecule has 0 unspecified atom stereocenters. The fourth-order valence-corrected chi connectivity index (χ4v) is 3.73. The Morgan fingerprint density at radius 1 is 1.38 bits per heavy atom. The Morgan fingerprint density at radius 2 is 2.00 bits per heavy atom. The van der Waals surface area contributed by atoms with E-state index < -0.39 is 5.54 Å². The van der Waals surface area contributed by atoms with Crippen molar-refractivity contribution in [1.29, 1.82) is 5.26 Å². The standard InChI is InChI=1S/C17H25ClN4OS/c1-13(2)17(3,12-19)20-16(23)11-22-8-6-21(7-9-22)10-14-4-5-15(18)24-14/h4-5,13H,6-11H2,1-3H3,(H,20,23)/t17-/m0/s1. The molecule has 24 heavy (non-hydrogen) atoms. The molecule has 1 saturated heterocycles. The summed E-state index contributed by atoms with van der Waals surface area (Å²) in [4.78, 5) is 18.0. The molecule has 0 aliphatic carbocycles. The van der Waals surface area contributed by atoms with Crippen LogP contribution in [0.15, 0.2) is 12.1 Å². The van der Waals surface area contributed by atoms with Crippen LogP contribution in [0.4, 0.5) is 0 Å². The summed E-state index contributed by atoms with van der Waals surface area (Å²) < 4.78 is 0.825. The van der Waals surface area contributed by atoms with E-state index in [9.17, 15) is 10.1 Å². The topological polar surface area (TPSA) is 59.4 Å². The summed E-state index contributed by atoms with van der Waals surface area (Å²) in [6.07, 6.45) is 0. The summed E-state index contributed by atoms with van der Waals surface area (Å²) in [5.74, 6) is -0.00726. The van der Waals surface area contributed by atoms with Crippen LogP contribution < -0.4 is 5.32 Å². The van der Waals surface area contributed by atoms with Crippen LogP contribution in [0.3, 0.4) is 0 Å². The van der Waals surface area contributed by atoms with Gasteiger partial charge in [-0.15, -0.1) is 11.3 Å². The van der Waals surface area contributed by atoms with Gasteiger partial charge in [0.1, 0.15) is 5.54 Å².